The van der Waals surface area contributed by atoms with Gasteiger partial charge in [0.25, 0.3) is 0 Å². The number of hydrogen-bond donors (Lipinski definition) is 2. The van der Waals surface area contributed by atoms with Crippen molar-refractivity contribution in [1.82, 2.24) is 5.32 Å². The summed E-state index contributed by atoms with van der Waals surface area (Å²) in [7, 11) is 0. The maximum atomic E-state index is 11.8. The lowest BCUT2D eigenvalue weighted by atomic mass is 9.87. The molecule has 0 aromatic carbocycles. The average Bonchev–Trinajstić information content (AvgIpc) is 2.77. The molecule has 1 amide bonds. The standard InChI is InChI=1S/C13H26N2O/c1-13(2,8-5-9-14)10-15-12(16)11-6-3-4-7-11/h11H,3-10,14H2,1-2H3,(H,15,16). The molecule has 0 bridgehead atoms. The van der Waals surface area contributed by atoms with Crippen LogP contribution in [0.25, 0.3) is 0 Å². The first-order chi connectivity index (χ1) is 7.55. The van der Waals surface area contributed by atoms with E-state index in [4.69, 9.17) is 5.73 Å². The summed E-state index contributed by atoms with van der Waals surface area (Å²) in [6.45, 7) is 5.90. The zero-order chi connectivity index (χ0) is 12.0. The lowest BCUT2D eigenvalue weighted by molar-refractivity contribution is -0.125. The smallest absolute Gasteiger partial charge is 0.223 e. The maximum absolute atomic E-state index is 11.8. The Morgan fingerprint density at radius 1 is 1.38 bits per heavy atom. The number of carbonyl (C=O) groups excluding carboxylic acids is 1. The van der Waals surface area contributed by atoms with Crippen LogP contribution >= 0.6 is 0 Å². The Morgan fingerprint density at radius 2 is 2.00 bits per heavy atom. The van der Waals surface area contributed by atoms with Crippen molar-refractivity contribution >= 4 is 5.91 Å². The number of hydrogen-bond acceptors (Lipinski definition) is 2. The lowest BCUT2D eigenvalue weighted by Gasteiger charge is -2.25. The van der Waals surface area contributed by atoms with Gasteiger partial charge in [0.15, 0.2) is 0 Å². The number of rotatable bonds is 6. The van der Waals surface area contributed by atoms with E-state index < -0.39 is 0 Å². The first-order valence-corrected chi connectivity index (χ1v) is 6.53. The highest BCUT2D eigenvalue weighted by Gasteiger charge is 2.24. The van der Waals surface area contributed by atoms with E-state index in [1.165, 1.54) is 12.8 Å². The van der Waals surface area contributed by atoms with Crippen LogP contribution in [0.5, 0.6) is 0 Å². The molecule has 0 unspecified atom stereocenters. The Bertz CT molecular complexity index is 220. The second-order valence-corrected chi connectivity index (χ2v) is 5.76. The lowest BCUT2D eigenvalue weighted by Crippen LogP contribution is -2.37. The molecule has 0 radical (unpaired) electrons. The van der Waals surface area contributed by atoms with E-state index in [1.54, 1.807) is 0 Å². The Kier molecular flexibility index (Phi) is 5.26. The molecule has 0 atom stereocenters. The van der Waals surface area contributed by atoms with Crippen molar-refractivity contribution in [2.45, 2.75) is 52.4 Å². The summed E-state index contributed by atoms with van der Waals surface area (Å²) in [4.78, 5) is 11.8. The van der Waals surface area contributed by atoms with Crippen LogP contribution in [0, 0.1) is 11.3 Å². The highest BCUT2D eigenvalue weighted by atomic mass is 16.1. The molecule has 0 saturated heterocycles. The molecule has 0 aromatic heterocycles. The summed E-state index contributed by atoms with van der Waals surface area (Å²) in [6.07, 6.45) is 6.70. The molecule has 0 aromatic rings. The third-order valence-corrected chi connectivity index (χ3v) is 3.52. The normalized spacial score (nSPS) is 17.7. The minimum Gasteiger partial charge on any atom is -0.355 e. The van der Waals surface area contributed by atoms with Crippen LogP contribution in [0.3, 0.4) is 0 Å². The molecule has 3 nitrogen and oxygen atoms in total. The van der Waals surface area contributed by atoms with Crippen molar-refractivity contribution in [3.05, 3.63) is 0 Å². The molecule has 3 N–H and O–H groups in total. The topological polar surface area (TPSA) is 55.1 Å². The van der Waals surface area contributed by atoms with Gasteiger partial charge in [0, 0.05) is 12.5 Å². The zero-order valence-electron chi connectivity index (χ0n) is 10.7. The van der Waals surface area contributed by atoms with Crippen molar-refractivity contribution in [3.8, 4) is 0 Å². The Balaban J connectivity index is 2.24. The van der Waals surface area contributed by atoms with Gasteiger partial charge < -0.3 is 11.1 Å². The fraction of sp³-hybridized carbons (Fsp3) is 0.923. The number of nitrogens with two attached hydrogens (primary N) is 1. The third kappa shape index (κ3) is 4.52. The van der Waals surface area contributed by atoms with E-state index in [0.717, 1.165) is 38.8 Å². The predicted molar refractivity (Wildman–Crippen MR) is 67.0 cm³/mol. The third-order valence-electron chi connectivity index (χ3n) is 3.52. The van der Waals surface area contributed by atoms with Crippen LogP contribution < -0.4 is 11.1 Å². The van der Waals surface area contributed by atoms with Gasteiger partial charge in [-0.1, -0.05) is 26.7 Å². The van der Waals surface area contributed by atoms with Crippen molar-refractivity contribution < 1.29 is 4.79 Å². The quantitative estimate of drug-likeness (QED) is 0.728. The van der Waals surface area contributed by atoms with Gasteiger partial charge in [0.2, 0.25) is 5.91 Å². The Labute approximate surface area is 99.2 Å². The van der Waals surface area contributed by atoms with Crippen molar-refractivity contribution in [2.75, 3.05) is 13.1 Å². The van der Waals surface area contributed by atoms with Crippen molar-refractivity contribution in [2.24, 2.45) is 17.1 Å². The summed E-state index contributed by atoms with van der Waals surface area (Å²) in [5, 5.41) is 3.09. The SMILES string of the molecule is CC(C)(CCCN)CNC(=O)C1CCCC1. The van der Waals surface area contributed by atoms with E-state index in [-0.39, 0.29) is 17.2 Å². The fourth-order valence-electron chi connectivity index (χ4n) is 2.33. The second-order valence-electron chi connectivity index (χ2n) is 5.76. The molecule has 1 aliphatic carbocycles. The van der Waals surface area contributed by atoms with Gasteiger partial charge in [-0.05, 0) is 37.6 Å². The monoisotopic (exact) mass is 226 g/mol. The highest BCUT2D eigenvalue weighted by molar-refractivity contribution is 5.78. The van der Waals surface area contributed by atoms with Gasteiger partial charge in [-0.15, -0.1) is 0 Å². The van der Waals surface area contributed by atoms with E-state index in [0.29, 0.717) is 0 Å². The van der Waals surface area contributed by atoms with Crippen LogP contribution in [0.15, 0.2) is 0 Å². The average molecular weight is 226 g/mol. The molecule has 1 aliphatic rings. The molecule has 3 heteroatoms. The van der Waals surface area contributed by atoms with Gasteiger partial charge in [0.1, 0.15) is 0 Å². The van der Waals surface area contributed by atoms with E-state index in [9.17, 15) is 4.79 Å². The molecular formula is C13H26N2O. The highest BCUT2D eigenvalue weighted by Crippen LogP contribution is 2.25. The number of amides is 1. The Hall–Kier alpha value is -0.570. The number of carbonyl (C=O) groups is 1. The van der Waals surface area contributed by atoms with Gasteiger partial charge >= 0.3 is 0 Å². The van der Waals surface area contributed by atoms with Crippen LogP contribution in [0.2, 0.25) is 0 Å². The molecule has 1 rings (SSSR count). The molecule has 0 aliphatic heterocycles. The van der Waals surface area contributed by atoms with E-state index in [2.05, 4.69) is 19.2 Å². The second kappa shape index (κ2) is 6.24. The van der Waals surface area contributed by atoms with Gasteiger partial charge in [-0.3, -0.25) is 4.79 Å². The molecule has 0 heterocycles. The summed E-state index contributed by atoms with van der Waals surface area (Å²) in [5.74, 6) is 0.545. The van der Waals surface area contributed by atoms with Crippen LogP contribution in [0.1, 0.15) is 52.4 Å². The molecule has 94 valence electrons. The first-order valence-electron chi connectivity index (χ1n) is 6.53. The maximum Gasteiger partial charge on any atom is 0.223 e. The van der Waals surface area contributed by atoms with E-state index in [1.807, 2.05) is 0 Å². The largest absolute Gasteiger partial charge is 0.355 e. The minimum atomic E-state index is 0.174. The van der Waals surface area contributed by atoms with Gasteiger partial charge in [-0.25, -0.2) is 0 Å². The van der Waals surface area contributed by atoms with Gasteiger partial charge in [-0.2, -0.15) is 0 Å². The molecule has 1 fully saturated rings. The number of nitrogens with one attached hydrogen (secondary N) is 1. The molecule has 16 heavy (non-hydrogen) atoms. The molecule has 1 saturated carbocycles. The van der Waals surface area contributed by atoms with Crippen LogP contribution in [-0.2, 0) is 4.79 Å². The Morgan fingerprint density at radius 3 is 2.56 bits per heavy atom. The van der Waals surface area contributed by atoms with Crippen molar-refractivity contribution in [3.63, 3.8) is 0 Å². The summed E-state index contributed by atoms with van der Waals surface area (Å²) in [5.41, 5.74) is 5.68. The summed E-state index contributed by atoms with van der Waals surface area (Å²) < 4.78 is 0. The zero-order valence-corrected chi connectivity index (χ0v) is 10.7. The fourth-order valence-corrected chi connectivity index (χ4v) is 2.33. The molecule has 0 spiro atoms. The van der Waals surface area contributed by atoms with E-state index >= 15 is 0 Å². The summed E-state index contributed by atoms with van der Waals surface area (Å²) in [6, 6.07) is 0. The minimum absolute atomic E-state index is 0.174. The van der Waals surface area contributed by atoms with Crippen LogP contribution in [-0.4, -0.2) is 19.0 Å². The summed E-state index contributed by atoms with van der Waals surface area (Å²) >= 11 is 0. The first kappa shape index (κ1) is 13.5. The van der Waals surface area contributed by atoms with Crippen LogP contribution in [0.4, 0.5) is 0 Å². The van der Waals surface area contributed by atoms with Crippen molar-refractivity contribution in [1.29, 1.82) is 0 Å². The predicted octanol–water partition coefficient (Wildman–Crippen LogP) is 2.06. The van der Waals surface area contributed by atoms with Gasteiger partial charge in [0.05, 0.1) is 0 Å². The molecular weight excluding hydrogens is 200 g/mol.